The van der Waals surface area contributed by atoms with Gasteiger partial charge in [0.2, 0.25) is 0 Å². The second kappa shape index (κ2) is 16.1. The monoisotopic (exact) mass is 649 g/mol. The molecule has 0 saturated heterocycles. The standard InChI is InChI=1S/C23H24N2O2S.C9H12.ClH.Ru/c1-17(2)18-13-15-21(16-14-18)28(26,27)25-23(20-11-7-4-8-12-20)22(24)19-9-5-3-6-10-19;1-7-4-8(2)6-9(3)5-7;;/h3-17,22-24H,1-2H3;4-6H,1-3H3;1H;/q-2;;;+3/p-1/t22-,23-;;;/m0.../s1. The van der Waals surface area contributed by atoms with E-state index in [4.69, 9.17) is 5.73 Å². The molecule has 0 amide bonds. The van der Waals surface area contributed by atoms with E-state index in [0.29, 0.717) is 11.5 Å². The predicted molar refractivity (Wildman–Crippen MR) is 154 cm³/mol. The SMILES string of the molecule is CC(C)c1ccc(S(=O)(=O)[N-][C@@H](c2ccccc2)[C@@H]([NH-])c2ccccc2)cc1.Cc1cc(C)cc(C)c1.[Cl-].[Ru+3]. The van der Waals surface area contributed by atoms with Crippen molar-refractivity contribution in [1.29, 1.82) is 0 Å². The molecule has 39 heavy (non-hydrogen) atoms. The number of sulfonamides is 1. The van der Waals surface area contributed by atoms with Crippen LogP contribution in [0, 0.1) is 20.8 Å². The molecule has 0 heterocycles. The van der Waals surface area contributed by atoms with Gasteiger partial charge in [-0.25, -0.2) is 8.42 Å². The quantitative estimate of drug-likeness (QED) is 0.230. The molecule has 1 N–H and O–H groups in total. The van der Waals surface area contributed by atoms with Crippen LogP contribution in [0.1, 0.15) is 65.2 Å². The predicted octanol–water partition coefficient (Wildman–Crippen LogP) is 6.02. The van der Waals surface area contributed by atoms with Crippen LogP contribution in [0.4, 0.5) is 0 Å². The van der Waals surface area contributed by atoms with Gasteiger partial charge in [-0.05, 0) is 44.4 Å². The van der Waals surface area contributed by atoms with E-state index in [9.17, 15) is 8.42 Å². The molecule has 0 aliphatic carbocycles. The number of nitrogens with zero attached hydrogens (tertiary/aromatic N) is 1. The third-order valence-corrected chi connectivity index (χ3v) is 7.45. The summed E-state index contributed by atoms with van der Waals surface area (Å²) in [6, 6.07) is 30.1. The molecule has 207 valence electrons. The Balaban J connectivity index is 0.000000590. The summed E-state index contributed by atoms with van der Waals surface area (Å²) in [4.78, 5) is 0.151. The topological polar surface area (TPSA) is 72.0 Å². The van der Waals surface area contributed by atoms with Crippen molar-refractivity contribution in [2.75, 3.05) is 0 Å². The Kier molecular flexibility index (Phi) is 14.3. The average molecular weight is 649 g/mol. The van der Waals surface area contributed by atoms with Crippen molar-refractivity contribution >= 4 is 10.0 Å². The normalized spacial score (nSPS) is 12.3. The Hall–Kier alpha value is -2.34. The van der Waals surface area contributed by atoms with E-state index in [-0.39, 0.29) is 36.8 Å². The van der Waals surface area contributed by atoms with E-state index in [2.05, 4.69) is 57.5 Å². The number of hydrogen-bond donors (Lipinski definition) is 0. The summed E-state index contributed by atoms with van der Waals surface area (Å²) in [6.07, 6.45) is 0. The molecule has 0 aliphatic rings. The van der Waals surface area contributed by atoms with Crippen molar-refractivity contribution in [3.05, 3.63) is 147 Å². The minimum atomic E-state index is -3.90. The molecular formula is C32H36ClN2O2RuS. The minimum Gasteiger partial charge on any atom is -1.00 e. The maximum absolute atomic E-state index is 13.0. The van der Waals surface area contributed by atoms with Gasteiger partial charge in [-0.3, -0.25) is 0 Å². The van der Waals surface area contributed by atoms with E-state index < -0.39 is 22.1 Å². The van der Waals surface area contributed by atoms with Gasteiger partial charge in [-0.1, -0.05) is 133 Å². The van der Waals surface area contributed by atoms with Crippen molar-refractivity contribution in [2.45, 2.75) is 57.5 Å². The third kappa shape index (κ3) is 10.3. The van der Waals surface area contributed by atoms with Crippen molar-refractivity contribution in [3.63, 3.8) is 0 Å². The fraction of sp³-hybridized carbons (Fsp3) is 0.250. The van der Waals surface area contributed by atoms with E-state index in [1.807, 2.05) is 72.8 Å². The molecule has 0 spiro atoms. The zero-order chi connectivity index (χ0) is 27.0. The molecule has 0 aromatic heterocycles. The number of nitrogens with one attached hydrogen (secondary N) is 1. The van der Waals surface area contributed by atoms with Crippen LogP contribution in [0.15, 0.2) is 108 Å². The van der Waals surface area contributed by atoms with E-state index >= 15 is 0 Å². The van der Waals surface area contributed by atoms with Gasteiger partial charge in [-0.15, -0.1) is 12.1 Å². The molecule has 4 aromatic carbocycles. The molecule has 0 aliphatic heterocycles. The third-order valence-electron chi connectivity index (χ3n) is 6.08. The average Bonchev–Trinajstić information content (AvgIpc) is 2.87. The molecule has 0 unspecified atom stereocenters. The van der Waals surface area contributed by atoms with E-state index in [1.165, 1.54) is 16.7 Å². The van der Waals surface area contributed by atoms with Crippen molar-refractivity contribution in [2.24, 2.45) is 0 Å². The molecule has 4 aromatic rings. The zero-order valence-electron chi connectivity index (χ0n) is 23.0. The Morgan fingerprint density at radius 2 is 1.05 bits per heavy atom. The molecule has 0 bridgehead atoms. The smallest absolute Gasteiger partial charge is 1.00 e. The molecule has 4 nitrogen and oxygen atoms in total. The summed E-state index contributed by atoms with van der Waals surface area (Å²) in [6.45, 7) is 10.5. The summed E-state index contributed by atoms with van der Waals surface area (Å²) in [5.74, 6) is 0.321. The first-order chi connectivity index (χ1) is 17.6. The van der Waals surface area contributed by atoms with Gasteiger partial charge in [0.25, 0.3) is 0 Å². The second-order valence-electron chi connectivity index (χ2n) is 9.71. The molecule has 0 saturated carbocycles. The zero-order valence-corrected chi connectivity index (χ0v) is 26.3. The molecule has 1 radical (unpaired) electrons. The molecule has 7 heteroatoms. The van der Waals surface area contributed by atoms with Gasteiger partial charge >= 0.3 is 19.5 Å². The van der Waals surface area contributed by atoms with Crippen molar-refractivity contribution < 1.29 is 40.3 Å². The van der Waals surface area contributed by atoms with Crippen molar-refractivity contribution in [3.8, 4) is 0 Å². The van der Waals surface area contributed by atoms with Crippen molar-refractivity contribution in [1.82, 2.24) is 0 Å². The second-order valence-corrected chi connectivity index (χ2v) is 11.3. The Morgan fingerprint density at radius 3 is 1.46 bits per heavy atom. The van der Waals surface area contributed by atoms with Crippen LogP contribution < -0.4 is 12.4 Å². The first-order valence-corrected chi connectivity index (χ1v) is 13.9. The fourth-order valence-electron chi connectivity index (χ4n) is 4.24. The summed E-state index contributed by atoms with van der Waals surface area (Å²) >= 11 is 0. The maximum Gasteiger partial charge on any atom is 3.00 e. The number of hydrogen-bond acceptors (Lipinski definition) is 2. The first-order valence-electron chi connectivity index (χ1n) is 12.5. The number of aryl methyl sites for hydroxylation is 3. The summed E-state index contributed by atoms with van der Waals surface area (Å²) in [5, 5.41) is 0. The van der Waals surface area contributed by atoms with Crippen LogP contribution in [0.25, 0.3) is 10.5 Å². The summed E-state index contributed by atoms with van der Waals surface area (Å²) in [7, 11) is -3.90. The first kappa shape index (κ1) is 34.7. The number of rotatable bonds is 7. The largest absolute Gasteiger partial charge is 3.00 e. The Labute approximate surface area is 253 Å². The molecular weight excluding hydrogens is 613 g/mol. The van der Waals surface area contributed by atoms with Gasteiger partial charge < -0.3 is 22.9 Å². The number of benzene rings is 4. The summed E-state index contributed by atoms with van der Waals surface area (Å²) in [5.41, 5.74) is 15.2. The van der Waals surface area contributed by atoms with Crippen LogP contribution in [-0.2, 0) is 29.5 Å². The van der Waals surface area contributed by atoms with Crippen LogP contribution >= 0.6 is 0 Å². The Morgan fingerprint density at radius 1 is 0.641 bits per heavy atom. The minimum absolute atomic E-state index is 0. The van der Waals surface area contributed by atoms with Gasteiger partial charge in [-0.2, -0.15) is 0 Å². The fourth-order valence-corrected chi connectivity index (χ4v) is 5.39. The van der Waals surface area contributed by atoms with Gasteiger partial charge in [0.1, 0.15) is 10.0 Å². The maximum atomic E-state index is 13.0. The molecule has 0 fully saturated rings. The van der Waals surface area contributed by atoms with Crippen LogP contribution in [0.5, 0.6) is 0 Å². The van der Waals surface area contributed by atoms with Crippen LogP contribution in [0.3, 0.4) is 0 Å². The van der Waals surface area contributed by atoms with Gasteiger partial charge in [0.05, 0.1) is 0 Å². The number of halogens is 1. The van der Waals surface area contributed by atoms with Crippen LogP contribution in [0.2, 0.25) is 0 Å². The van der Waals surface area contributed by atoms with Crippen LogP contribution in [-0.4, -0.2) is 8.42 Å². The Bertz CT molecular complexity index is 1330. The van der Waals surface area contributed by atoms with E-state index in [1.54, 1.807) is 12.1 Å². The van der Waals surface area contributed by atoms with E-state index in [0.717, 1.165) is 11.1 Å². The summed E-state index contributed by atoms with van der Waals surface area (Å²) < 4.78 is 30.2. The van der Waals surface area contributed by atoms with Gasteiger partial charge in [0.15, 0.2) is 0 Å². The molecule has 4 rings (SSSR count). The van der Waals surface area contributed by atoms with Gasteiger partial charge in [0, 0.05) is 4.90 Å². The molecule has 2 atom stereocenters.